The number of benzene rings is 1. The summed E-state index contributed by atoms with van der Waals surface area (Å²) in [5.74, 6) is 2.12. The zero-order chi connectivity index (χ0) is 26.1. The Kier molecular flexibility index (Phi) is 6.90. The van der Waals surface area contributed by atoms with Crippen LogP contribution >= 0.6 is 0 Å². The largest absolute Gasteiger partial charge is 0.485 e. The molecule has 0 N–H and O–H groups in total. The van der Waals surface area contributed by atoms with Gasteiger partial charge in [-0.25, -0.2) is 4.98 Å². The summed E-state index contributed by atoms with van der Waals surface area (Å²) in [5, 5.41) is 13.4. The highest BCUT2D eigenvalue weighted by Crippen LogP contribution is 2.29. The second-order valence-corrected chi connectivity index (χ2v) is 10.2. The molecule has 1 atom stereocenters. The van der Waals surface area contributed by atoms with E-state index < -0.39 is 0 Å². The van der Waals surface area contributed by atoms with E-state index in [1.165, 1.54) is 5.69 Å². The number of anilines is 1. The fraction of sp³-hybridized carbons (Fsp3) is 0.464. The van der Waals surface area contributed by atoms with Crippen molar-refractivity contribution in [2.24, 2.45) is 0 Å². The molecular weight excluding hydrogens is 480 g/mol. The Bertz CT molecular complexity index is 1400. The van der Waals surface area contributed by atoms with Crippen molar-refractivity contribution in [1.82, 2.24) is 34.7 Å². The van der Waals surface area contributed by atoms with E-state index in [9.17, 15) is 0 Å². The lowest BCUT2D eigenvalue weighted by atomic mass is 10.1. The van der Waals surface area contributed by atoms with Crippen molar-refractivity contribution in [3.05, 3.63) is 59.3 Å². The average Bonchev–Trinajstić information content (AvgIpc) is 3.46. The third-order valence-electron chi connectivity index (χ3n) is 7.32. The topological polar surface area (TPSA) is 93.8 Å². The lowest BCUT2D eigenvalue weighted by Crippen LogP contribution is -2.26. The molecule has 5 heterocycles. The van der Waals surface area contributed by atoms with Crippen LogP contribution in [-0.4, -0.2) is 80.2 Å². The van der Waals surface area contributed by atoms with Gasteiger partial charge in [-0.15, -0.1) is 5.10 Å². The molecule has 0 saturated carbocycles. The molecule has 2 fully saturated rings. The van der Waals surface area contributed by atoms with Gasteiger partial charge in [-0.1, -0.05) is 12.1 Å². The Labute approximate surface area is 222 Å². The maximum absolute atomic E-state index is 6.45. The molecule has 3 aromatic heterocycles. The van der Waals surface area contributed by atoms with Crippen molar-refractivity contribution < 1.29 is 9.47 Å². The monoisotopic (exact) mass is 514 g/mol. The molecule has 10 heteroatoms. The SMILES string of the molecule is Cc1nc2nc(C)c(O[C@@H]3CCN(c4ccc(-c5ccc(CN6CCCOCC6)nn5)cc4)C3)c(C)n2n1. The minimum Gasteiger partial charge on any atom is -0.485 e. The summed E-state index contributed by atoms with van der Waals surface area (Å²) in [5.41, 5.74) is 5.91. The van der Waals surface area contributed by atoms with E-state index in [0.29, 0.717) is 11.6 Å². The normalized spacial score (nSPS) is 18.7. The summed E-state index contributed by atoms with van der Waals surface area (Å²) in [7, 11) is 0. The van der Waals surface area contributed by atoms with E-state index in [1.807, 2.05) is 20.8 Å². The minimum atomic E-state index is 0.0881. The van der Waals surface area contributed by atoms with Crippen LogP contribution in [0.3, 0.4) is 0 Å². The van der Waals surface area contributed by atoms with Gasteiger partial charge in [0.1, 0.15) is 11.9 Å². The van der Waals surface area contributed by atoms with Gasteiger partial charge in [0.05, 0.1) is 35.9 Å². The summed E-state index contributed by atoms with van der Waals surface area (Å²) in [4.78, 5) is 13.7. The summed E-state index contributed by atoms with van der Waals surface area (Å²) < 4.78 is 13.8. The Balaban J connectivity index is 1.08. The van der Waals surface area contributed by atoms with Crippen molar-refractivity contribution in [3.63, 3.8) is 0 Å². The van der Waals surface area contributed by atoms with Gasteiger partial charge in [-0.2, -0.15) is 19.7 Å². The molecule has 198 valence electrons. The first-order valence-corrected chi connectivity index (χ1v) is 13.4. The highest BCUT2D eigenvalue weighted by molar-refractivity contribution is 5.63. The molecule has 2 aliphatic rings. The maximum Gasteiger partial charge on any atom is 0.253 e. The molecule has 2 aliphatic heterocycles. The Hall–Kier alpha value is -3.63. The number of ether oxygens (including phenoxy) is 2. The highest BCUT2D eigenvalue weighted by Gasteiger charge is 2.26. The third-order valence-corrected chi connectivity index (χ3v) is 7.32. The molecule has 0 spiro atoms. The standard InChI is InChI=1S/C28H34N8O2/c1-19-27(20(2)36-28(29-19)30-21(3)33-36)38-25-11-13-35(18-25)24-8-5-22(6-9-24)26-10-7-23(31-32-26)17-34-12-4-15-37-16-14-34/h5-10,25H,4,11-18H2,1-3H3/t25-/m1/s1. The molecule has 0 bridgehead atoms. The fourth-order valence-electron chi connectivity index (χ4n) is 5.28. The van der Waals surface area contributed by atoms with Crippen molar-refractivity contribution in [2.45, 2.75) is 46.3 Å². The lowest BCUT2D eigenvalue weighted by Gasteiger charge is -2.20. The summed E-state index contributed by atoms with van der Waals surface area (Å²) in [6, 6.07) is 12.7. The van der Waals surface area contributed by atoms with Gasteiger partial charge in [0.2, 0.25) is 0 Å². The van der Waals surface area contributed by atoms with Crippen LogP contribution in [0.15, 0.2) is 36.4 Å². The van der Waals surface area contributed by atoms with Gasteiger partial charge in [0, 0.05) is 50.5 Å². The van der Waals surface area contributed by atoms with Crippen molar-refractivity contribution in [1.29, 1.82) is 0 Å². The van der Waals surface area contributed by atoms with Gasteiger partial charge in [0.25, 0.3) is 5.78 Å². The first-order chi connectivity index (χ1) is 18.5. The van der Waals surface area contributed by atoms with Crippen LogP contribution < -0.4 is 9.64 Å². The van der Waals surface area contributed by atoms with Crippen LogP contribution in [0.4, 0.5) is 5.69 Å². The number of aryl methyl sites for hydroxylation is 3. The van der Waals surface area contributed by atoms with E-state index in [0.717, 1.165) is 92.9 Å². The quantitative estimate of drug-likeness (QED) is 0.384. The zero-order valence-corrected chi connectivity index (χ0v) is 22.3. The van der Waals surface area contributed by atoms with Gasteiger partial charge >= 0.3 is 0 Å². The summed E-state index contributed by atoms with van der Waals surface area (Å²) in [6.45, 7) is 12.1. The van der Waals surface area contributed by atoms with Crippen LogP contribution in [0.2, 0.25) is 0 Å². The van der Waals surface area contributed by atoms with Crippen LogP contribution in [0, 0.1) is 20.8 Å². The first-order valence-electron chi connectivity index (χ1n) is 13.4. The maximum atomic E-state index is 6.45. The second-order valence-electron chi connectivity index (χ2n) is 10.2. The zero-order valence-electron chi connectivity index (χ0n) is 22.3. The molecule has 0 amide bonds. The molecule has 6 rings (SSSR count). The number of aromatic nitrogens is 6. The molecule has 0 unspecified atom stereocenters. The third kappa shape index (κ3) is 5.19. The summed E-state index contributed by atoms with van der Waals surface area (Å²) >= 11 is 0. The number of rotatable bonds is 6. The van der Waals surface area contributed by atoms with Crippen LogP contribution in [0.5, 0.6) is 5.75 Å². The minimum absolute atomic E-state index is 0.0881. The Morgan fingerprint density at radius 2 is 1.82 bits per heavy atom. The van der Waals surface area contributed by atoms with Gasteiger partial charge in [0.15, 0.2) is 5.75 Å². The van der Waals surface area contributed by atoms with E-state index in [1.54, 1.807) is 4.52 Å². The summed E-state index contributed by atoms with van der Waals surface area (Å²) in [6.07, 6.45) is 2.10. The highest BCUT2D eigenvalue weighted by atomic mass is 16.5. The predicted octanol–water partition coefficient (Wildman–Crippen LogP) is 3.39. The number of hydrogen-bond donors (Lipinski definition) is 0. The van der Waals surface area contributed by atoms with E-state index in [-0.39, 0.29) is 6.10 Å². The number of hydrogen-bond acceptors (Lipinski definition) is 9. The van der Waals surface area contributed by atoms with Crippen LogP contribution in [0.25, 0.3) is 17.0 Å². The molecule has 38 heavy (non-hydrogen) atoms. The van der Waals surface area contributed by atoms with Crippen molar-refractivity contribution in [3.8, 4) is 17.0 Å². The smallest absolute Gasteiger partial charge is 0.253 e. The fourth-order valence-corrected chi connectivity index (χ4v) is 5.28. The van der Waals surface area contributed by atoms with Gasteiger partial charge in [-0.3, -0.25) is 4.90 Å². The first kappa shape index (κ1) is 24.7. The molecule has 10 nitrogen and oxygen atoms in total. The van der Waals surface area contributed by atoms with Crippen LogP contribution in [0.1, 0.15) is 35.7 Å². The van der Waals surface area contributed by atoms with E-state index in [2.05, 4.69) is 71.5 Å². The van der Waals surface area contributed by atoms with Crippen molar-refractivity contribution >= 4 is 11.5 Å². The number of nitrogens with zero attached hydrogens (tertiary/aromatic N) is 8. The average molecular weight is 515 g/mol. The van der Waals surface area contributed by atoms with E-state index in [4.69, 9.17) is 9.47 Å². The second kappa shape index (κ2) is 10.6. The Morgan fingerprint density at radius 1 is 0.947 bits per heavy atom. The van der Waals surface area contributed by atoms with Gasteiger partial charge in [-0.05, 0) is 51.5 Å². The molecule has 2 saturated heterocycles. The van der Waals surface area contributed by atoms with E-state index >= 15 is 0 Å². The van der Waals surface area contributed by atoms with Crippen molar-refractivity contribution in [2.75, 3.05) is 44.3 Å². The predicted molar refractivity (Wildman–Crippen MR) is 144 cm³/mol. The molecule has 1 aromatic carbocycles. The van der Waals surface area contributed by atoms with Gasteiger partial charge < -0.3 is 14.4 Å². The molecule has 0 aliphatic carbocycles. The number of fused-ring (bicyclic) bond motifs is 1. The lowest BCUT2D eigenvalue weighted by molar-refractivity contribution is 0.140. The Morgan fingerprint density at radius 3 is 2.63 bits per heavy atom. The molecule has 0 radical (unpaired) electrons. The van der Waals surface area contributed by atoms with Crippen LogP contribution in [-0.2, 0) is 11.3 Å². The molecule has 4 aromatic rings. The molecular formula is C28H34N8O2.